The first-order chi connectivity index (χ1) is 23.2. The molecular weight excluding hydrogens is 596 g/mol. The van der Waals surface area contributed by atoms with Crippen LogP contribution in [-0.4, -0.2) is 60.5 Å². The molecule has 5 aromatic rings. The minimum atomic E-state index is -0.565. The topological polar surface area (TPSA) is 118 Å². The van der Waals surface area contributed by atoms with Gasteiger partial charge in [-0.3, -0.25) is 25.3 Å². The van der Waals surface area contributed by atoms with Crippen molar-refractivity contribution in [1.82, 2.24) is 9.80 Å². The van der Waals surface area contributed by atoms with Crippen molar-refractivity contribution >= 4 is 34.9 Å². The van der Waals surface area contributed by atoms with Crippen LogP contribution in [0, 0.1) is 10.8 Å². The fourth-order valence-corrected chi connectivity index (χ4v) is 5.37. The fourth-order valence-electron chi connectivity index (χ4n) is 5.37. The molecule has 0 aliphatic rings. The van der Waals surface area contributed by atoms with Gasteiger partial charge in [-0.2, -0.15) is 0 Å². The van der Waals surface area contributed by atoms with E-state index >= 15 is 0 Å². The molecule has 0 spiro atoms. The molecule has 5 aromatic carbocycles. The molecular formula is C40H40N6O2. The first kappa shape index (κ1) is 33.3. The zero-order valence-corrected chi connectivity index (χ0v) is 27.3. The molecule has 0 saturated carbocycles. The molecule has 5 rings (SSSR count). The molecule has 0 atom stereocenters. The monoisotopic (exact) mass is 636 g/mol. The second-order valence-corrected chi connectivity index (χ2v) is 11.7. The summed E-state index contributed by atoms with van der Waals surface area (Å²) in [5, 5.41) is 17.6. The molecule has 0 saturated heterocycles. The van der Waals surface area contributed by atoms with Gasteiger partial charge in [0.05, 0.1) is 0 Å². The van der Waals surface area contributed by atoms with Crippen molar-refractivity contribution in [1.29, 1.82) is 10.8 Å². The van der Waals surface area contributed by atoms with Gasteiger partial charge < -0.3 is 15.5 Å². The predicted molar refractivity (Wildman–Crippen MR) is 194 cm³/mol. The van der Waals surface area contributed by atoms with Crippen LogP contribution in [0.15, 0.2) is 133 Å². The van der Waals surface area contributed by atoms with Gasteiger partial charge in [0.1, 0.15) is 11.7 Å². The highest BCUT2D eigenvalue weighted by molar-refractivity contribution is 6.11. The number of nitrogens with one attached hydrogen (secondary N) is 2. The van der Waals surface area contributed by atoms with Gasteiger partial charge in [0, 0.05) is 60.8 Å². The average Bonchev–Trinajstić information content (AvgIpc) is 3.13. The van der Waals surface area contributed by atoms with Crippen molar-refractivity contribution in [2.24, 2.45) is 5.73 Å². The highest BCUT2D eigenvalue weighted by Gasteiger charge is 2.21. The second kappa shape index (κ2) is 15.5. The van der Waals surface area contributed by atoms with Crippen LogP contribution in [0.1, 0.15) is 43.0 Å². The van der Waals surface area contributed by atoms with Gasteiger partial charge in [-0.25, -0.2) is 0 Å². The number of likely N-dealkylation sites (N-methyl/N-ethyl adjacent to an activating group) is 2. The number of nitrogens with zero attached hydrogens (tertiary/aromatic N) is 3. The standard InChI is InChI=1S/C40H40N6O2/c1-44(27-25-29-9-5-3-6-10-29)37(41)31-17-21-35(22-18-31)46(40(48)34-15-13-33(14-16-34)39(43)47)36-23-19-32(20-24-36)38(42)45(2)28-26-30-11-7-4-8-12-30/h3-24,41-42H,25-28H2,1-2H3,(H2,43,47). The molecule has 4 N–H and O–H groups in total. The number of anilines is 2. The third-order valence-electron chi connectivity index (χ3n) is 8.34. The number of nitrogens with two attached hydrogens (primary N) is 1. The summed E-state index contributed by atoms with van der Waals surface area (Å²) in [6.45, 7) is 1.39. The van der Waals surface area contributed by atoms with Crippen LogP contribution in [0.4, 0.5) is 11.4 Å². The van der Waals surface area contributed by atoms with Crippen LogP contribution >= 0.6 is 0 Å². The smallest absolute Gasteiger partial charge is 0.262 e. The van der Waals surface area contributed by atoms with Crippen LogP contribution < -0.4 is 10.6 Å². The highest BCUT2D eigenvalue weighted by Crippen LogP contribution is 2.29. The number of amides is 2. The van der Waals surface area contributed by atoms with Crippen molar-refractivity contribution < 1.29 is 9.59 Å². The Kier molecular flexibility index (Phi) is 10.8. The number of rotatable bonds is 12. The Hall–Kier alpha value is -6.02. The van der Waals surface area contributed by atoms with Crippen LogP contribution in [0.2, 0.25) is 0 Å². The summed E-state index contributed by atoms with van der Waals surface area (Å²) in [4.78, 5) is 31.1. The molecule has 0 aliphatic carbocycles. The molecule has 0 heterocycles. The van der Waals surface area contributed by atoms with Gasteiger partial charge in [0.2, 0.25) is 5.91 Å². The maximum atomic E-state index is 14.0. The SMILES string of the molecule is CN(CCc1ccccc1)C(=N)c1ccc(N(C(=O)c2ccc(C(N)=O)cc2)c2ccc(C(=N)N(C)CCc3ccccc3)cc2)cc1. The van der Waals surface area contributed by atoms with E-state index in [1.54, 1.807) is 29.2 Å². The number of benzene rings is 5. The van der Waals surface area contributed by atoms with Gasteiger partial charge in [0.25, 0.3) is 5.91 Å². The van der Waals surface area contributed by atoms with Crippen molar-refractivity contribution in [2.75, 3.05) is 32.1 Å². The van der Waals surface area contributed by atoms with E-state index in [9.17, 15) is 9.59 Å². The van der Waals surface area contributed by atoms with Crippen molar-refractivity contribution in [3.05, 3.63) is 167 Å². The first-order valence-corrected chi connectivity index (χ1v) is 15.8. The summed E-state index contributed by atoms with van der Waals surface area (Å²) in [5.74, 6) is -0.0886. The van der Waals surface area contributed by atoms with E-state index < -0.39 is 5.91 Å². The third kappa shape index (κ3) is 8.22. The largest absolute Gasteiger partial charge is 0.366 e. The van der Waals surface area contributed by atoms with Crippen molar-refractivity contribution in [3.8, 4) is 0 Å². The van der Waals surface area contributed by atoms with Gasteiger partial charge in [-0.15, -0.1) is 0 Å². The summed E-state index contributed by atoms with van der Waals surface area (Å²) < 4.78 is 0. The quantitative estimate of drug-likeness (QED) is 0.104. The lowest BCUT2D eigenvalue weighted by molar-refractivity contribution is 0.0988. The van der Waals surface area contributed by atoms with E-state index in [4.69, 9.17) is 16.6 Å². The first-order valence-electron chi connectivity index (χ1n) is 15.8. The Bertz CT molecular complexity index is 1750. The lowest BCUT2D eigenvalue weighted by Gasteiger charge is -2.25. The van der Waals surface area contributed by atoms with E-state index in [1.165, 1.54) is 11.1 Å². The Balaban J connectivity index is 1.36. The number of hydrogen-bond donors (Lipinski definition) is 3. The van der Waals surface area contributed by atoms with Crippen molar-refractivity contribution in [2.45, 2.75) is 12.8 Å². The van der Waals surface area contributed by atoms with Gasteiger partial charge in [0.15, 0.2) is 0 Å². The van der Waals surface area contributed by atoms with Crippen molar-refractivity contribution in [3.63, 3.8) is 0 Å². The summed E-state index contributed by atoms with van der Waals surface area (Å²) >= 11 is 0. The molecule has 0 fully saturated rings. The average molecular weight is 637 g/mol. The number of carbonyl (C=O) groups excluding carboxylic acids is 2. The van der Waals surface area contributed by atoms with Crippen LogP contribution in [0.3, 0.4) is 0 Å². The fraction of sp³-hybridized carbons (Fsp3) is 0.150. The zero-order valence-electron chi connectivity index (χ0n) is 27.3. The maximum Gasteiger partial charge on any atom is 0.262 e. The molecule has 0 radical (unpaired) electrons. The molecule has 0 aliphatic heterocycles. The minimum Gasteiger partial charge on any atom is -0.366 e. The Morgan fingerprint density at radius 3 is 1.25 bits per heavy atom. The summed E-state index contributed by atoms with van der Waals surface area (Å²) in [7, 11) is 3.81. The van der Waals surface area contributed by atoms with Crippen LogP contribution in [-0.2, 0) is 12.8 Å². The molecule has 8 nitrogen and oxygen atoms in total. The summed E-state index contributed by atoms with van der Waals surface area (Å²) in [5.41, 5.74) is 11.2. The van der Waals surface area contributed by atoms with Gasteiger partial charge in [-0.05, 0) is 96.8 Å². The maximum absolute atomic E-state index is 14.0. The number of carbonyl (C=O) groups is 2. The highest BCUT2D eigenvalue weighted by atomic mass is 16.2. The van der Waals surface area contributed by atoms with E-state index in [0.29, 0.717) is 47.3 Å². The van der Waals surface area contributed by atoms with E-state index in [2.05, 4.69) is 24.3 Å². The molecule has 2 amide bonds. The molecule has 0 unspecified atom stereocenters. The molecule has 0 bridgehead atoms. The van der Waals surface area contributed by atoms with E-state index in [0.717, 1.165) is 24.0 Å². The Morgan fingerprint density at radius 2 is 0.875 bits per heavy atom. The Labute approximate surface area is 282 Å². The normalized spacial score (nSPS) is 10.6. The number of hydrogen-bond acceptors (Lipinski definition) is 4. The third-order valence-corrected chi connectivity index (χ3v) is 8.34. The van der Waals surface area contributed by atoms with Gasteiger partial charge in [-0.1, -0.05) is 60.7 Å². The van der Waals surface area contributed by atoms with Gasteiger partial charge >= 0.3 is 0 Å². The lowest BCUT2D eigenvalue weighted by Crippen LogP contribution is -2.29. The molecule has 242 valence electrons. The molecule has 48 heavy (non-hydrogen) atoms. The van der Waals surface area contributed by atoms with E-state index in [1.807, 2.05) is 109 Å². The van der Waals surface area contributed by atoms with Crippen LogP contribution in [0.25, 0.3) is 0 Å². The lowest BCUT2D eigenvalue weighted by atomic mass is 10.1. The second-order valence-electron chi connectivity index (χ2n) is 11.7. The Morgan fingerprint density at radius 1 is 0.521 bits per heavy atom. The zero-order chi connectivity index (χ0) is 34.0. The van der Waals surface area contributed by atoms with Crippen LogP contribution in [0.5, 0.6) is 0 Å². The number of primary amides is 1. The van der Waals surface area contributed by atoms with E-state index in [-0.39, 0.29) is 5.91 Å². The minimum absolute atomic E-state index is 0.295. The predicted octanol–water partition coefficient (Wildman–Crippen LogP) is 6.76. The number of amidine groups is 2. The summed E-state index contributed by atoms with van der Waals surface area (Å²) in [6.07, 6.45) is 1.65. The summed E-state index contributed by atoms with van der Waals surface area (Å²) in [6, 6.07) is 41.4. The molecule has 0 aromatic heterocycles. The molecule has 8 heteroatoms.